The van der Waals surface area contributed by atoms with Crippen LogP contribution in [-0.2, 0) is 4.74 Å². The van der Waals surface area contributed by atoms with Crippen LogP contribution in [0.15, 0.2) is 0 Å². The van der Waals surface area contributed by atoms with Crippen molar-refractivity contribution in [1.82, 2.24) is 10.2 Å². The fourth-order valence-corrected chi connectivity index (χ4v) is 1.49. The molecule has 0 aromatic rings. The van der Waals surface area contributed by atoms with Crippen LogP contribution in [0, 0.1) is 0 Å². The molecular formula is C8H20Cl2N2O. The summed E-state index contributed by atoms with van der Waals surface area (Å²) in [6, 6.07) is 0.701. The predicted octanol–water partition coefficient (Wildman–Crippen LogP) is 0.770. The molecular weight excluding hydrogens is 211 g/mol. The number of hydrogen-bond donors (Lipinski definition) is 1. The molecule has 5 heteroatoms. The first-order chi connectivity index (χ1) is 5.36. The molecule has 1 aliphatic heterocycles. The third kappa shape index (κ3) is 5.70. The van der Waals surface area contributed by atoms with E-state index in [0.717, 1.165) is 13.2 Å². The Bertz CT molecular complexity index is 116. The van der Waals surface area contributed by atoms with Gasteiger partial charge in [-0.15, -0.1) is 24.8 Å². The summed E-state index contributed by atoms with van der Waals surface area (Å²) in [6.07, 6.45) is 1.28. The van der Waals surface area contributed by atoms with E-state index in [1.165, 1.54) is 19.5 Å². The largest absolute Gasteiger partial charge is 0.383 e. The number of methoxy groups -OCH3 is 1. The van der Waals surface area contributed by atoms with Gasteiger partial charge in [-0.05, 0) is 20.0 Å². The van der Waals surface area contributed by atoms with E-state index in [9.17, 15) is 0 Å². The summed E-state index contributed by atoms with van der Waals surface area (Å²) in [5.41, 5.74) is 0. The molecule has 1 heterocycles. The minimum Gasteiger partial charge on any atom is -0.383 e. The molecule has 0 aromatic heterocycles. The van der Waals surface area contributed by atoms with Crippen molar-refractivity contribution in [1.29, 1.82) is 0 Å². The van der Waals surface area contributed by atoms with Crippen LogP contribution in [0.5, 0.6) is 0 Å². The highest BCUT2D eigenvalue weighted by Crippen LogP contribution is 2.07. The van der Waals surface area contributed by atoms with E-state index in [1.54, 1.807) is 7.11 Å². The second-order valence-electron chi connectivity index (χ2n) is 3.07. The molecule has 1 aliphatic rings. The van der Waals surface area contributed by atoms with Gasteiger partial charge in [-0.1, -0.05) is 0 Å². The van der Waals surface area contributed by atoms with Gasteiger partial charge >= 0.3 is 0 Å². The molecule has 1 saturated heterocycles. The molecule has 82 valence electrons. The van der Waals surface area contributed by atoms with Crippen molar-refractivity contribution >= 4 is 24.8 Å². The van der Waals surface area contributed by atoms with E-state index in [-0.39, 0.29) is 24.8 Å². The van der Waals surface area contributed by atoms with Crippen LogP contribution in [0.4, 0.5) is 0 Å². The summed E-state index contributed by atoms with van der Waals surface area (Å²) in [6.45, 7) is 4.33. The van der Waals surface area contributed by atoms with Crippen molar-refractivity contribution < 1.29 is 4.74 Å². The lowest BCUT2D eigenvalue weighted by molar-refractivity contribution is 0.160. The van der Waals surface area contributed by atoms with Gasteiger partial charge in [0.2, 0.25) is 0 Å². The van der Waals surface area contributed by atoms with E-state index >= 15 is 0 Å². The zero-order valence-electron chi connectivity index (χ0n) is 8.28. The minimum atomic E-state index is 0. The van der Waals surface area contributed by atoms with Crippen LogP contribution >= 0.6 is 24.8 Å². The number of hydrogen-bond acceptors (Lipinski definition) is 3. The van der Waals surface area contributed by atoms with Crippen molar-refractivity contribution in [2.75, 3.05) is 40.4 Å². The van der Waals surface area contributed by atoms with E-state index in [4.69, 9.17) is 4.74 Å². The third-order valence-corrected chi connectivity index (χ3v) is 2.29. The van der Waals surface area contributed by atoms with Crippen molar-refractivity contribution in [2.45, 2.75) is 12.5 Å². The van der Waals surface area contributed by atoms with E-state index in [1.807, 2.05) is 7.05 Å². The maximum atomic E-state index is 5.01. The summed E-state index contributed by atoms with van der Waals surface area (Å²) in [7, 11) is 3.79. The van der Waals surface area contributed by atoms with Gasteiger partial charge in [-0.2, -0.15) is 0 Å². The van der Waals surface area contributed by atoms with Gasteiger partial charge in [-0.25, -0.2) is 0 Å². The maximum absolute atomic E-state index is 5.01. The normalized spacial score (nSPS) is 22.2. The molecule has 1 N–H and O–H groups in total. The van der Waals surface area contributed by atoms with Crippen molar-refractivity contribution in [3.63, 3.8) is 0 Å². The Balaban J connectivity index is 0. The second-order valence-corrected chi connectivity index (χ2v) is 3.07. The highest BCUT2D eigenvalue weighted by molar-refractivity contribution is 5.85. The highest BCUT2D eigenvalue weighted by Gasteiger charge is 2.19. The molecule has 0 aromatic carbocycles. The van der Waals surface area contributed by atoms with Gasteiger partial charge in [0.25, 0.3) is 0 Å². The van der Waals surface area contributed by atoms with Crippen LogP contribution in [0.2, 0.25) is 0 Å². The molecule has 3 nitrogen and oxygen atoms in total. The number of likely N-dealkylation sites (tertiary alicyclic amines) is 1. The molecule has 0 radical (unpaired) electrons. The Hall–Kier alpha value is 0.460. The first-order valence-corrected chi connectivity index (χ1v) is 4.25. The molecule has 0 saturated carbocycles. The maximum Gasteiger partial charge on any atom is 0.0589 e. The fourth-order valence-electron chi connectivity index (χ4n) is 1.49. The topological polar surface area (TPSA) is 24.5 Å². The standard InChI is InChI=1S/C8H18N2O.2ClH/c1-9-8-3-4-10(7-8)5-6-11-2;;/h8-9H,3-7H2,1-2H3;2*1H. The van der Waals surface area contributed by atoms with Crippen molar-refractivity contribution in [3.8, 4) is 0 Å². The van der Waals surface area contributed by atoms with E-state index in [2.05, 4.69) is 10.2 Å². The average molecular weight is 231 g/mol. The van der Waals surface area contributed by atoms with Gasteiger partial charge in [0.05, 0.1) is 6.61 Å². The van der Waals surface area contributed by atoms with Gasteiger partial charge in [0, 0.05) is 26.2 Å². The average Bonchev–Trinajstić information content (AvgIpc) is 2.48. The molecule has 1 rings (SSSR count). The minimum absolute atomic E-state index is 0. The smallest absolute Gasteiger partial charge is 0.0589 e. The molecule has 1 unspecified atom stereocenters. The van der Waals surface area contributed by atoms with Gasteiger partial charge in [-0.3, -0.25) is 4.90 Å². The first-order valence-electron chi connectivity index (χ1n) is 4.25. The number of nitrogens with one attached hydrogen (secondary N) is 1. The van der Waals surface area contributed by atoms with Crippen LogP contribution in [-0.4, -0.2) is 51.3 Å². The monoisotopic (exact) mass is 230 g/mol. The van der Waals surface area contributed by atoms with Gasteiger partial charge in [0.1, 0.15) is 0 Å². The Kier molecular flexibility index (Phi) is 11.1. The number of ether oxygens (including phenoxy) is 1. The third-order valence-electron chi connectivity index (χ3n) is 2.29. The fraction of sp³-hybridized carbons (Fsp3) is 1.00. The number of halogens is 2. The quantitative estimate of drug-likeness (QED) is 0.773. The Morgan fingerprint density at radius 2 is 2.15 bits per heavy atom. The summed E-state index contributed by atoms with van der Waals surface area (Å²) in [4.78, 5) is 2.44. The second kappa shape index (κ2) is 9.03. The zero-order valence-corrected chi connectivity index (χ0v) is 9.92. The van der Waals surface area contributed by atoms with E-state index < -0.39 is 0 Å². The van der Waals surface area contributed by atoms with Crippen LogP contribution < -0.4 is 5.32 Å². The van der Waals surface area contributed by atoms with Crippen molar-refractivity contribution in [2.24, 2.45) is 0 Å². The zero-order chi connectivity index (χ0) is 8.10. The van der Waals surface area contributed by atoms with E-state index in [0.29, 0.717) is 6.04 Å². The summed E-state index contributed by atoms with van der Waals surface area (Å²) in [5.74, 6) is 0. The SMILES string of the molecule is CNC1CCN(CCOC)C1.Cl.Cl. The van der Waals surface area contributed by atoms with Crippen LogP contribution in [0.1, 0.15) is 6.42 Å². The Morgan fingerprint density at radius 1 is 1.46 bits per heavy atom. The molecule has 0 bridgehead atoms. The Morgan fingerprint density at radius 3 is 2.62 bits per heavy atom. The lowest BCUT2D eigenvalue weighted by Gasteiger charge is -2.14. The van der Waals surface area contributed by atoms with Crippen molar-refractivity contribution in [3.05, 3.63) is 0 Å². The lowest BCUT2D eigenvalue weighted by atomic mass is 10.3. The molecule has 0 aliphatic carbocycles. The number of likely N-dealkylation sites (N-methyl/N-ethyl adjacent to an activating group) is 1. The Labute approximate surface area is 93.0 Å². The summed E-state index contributed by atoms with van der Waals surface area (Å²) < 4.78 is 5.01. The van der Waals surface area contributed by atoms with Gasteiger partial charge in [0.15, 0.2) is 0 Å². The number of nitrogens with zero attached hydrogens (tertiary/aromatic N) is 1. The summed E-state index contributed by atoms with van der Waals surface area (Å²) >= 11 is 0. The van der Waals surface area contributed by atoms with Crippen LogP contribution in [0.25, 0.3) is 0 Å². The molecule has 1 atom stereocenters. The van der Waals surface area contributed by atoms with Gasteiger partial charge < -0.3 is 10.1 Å². The summed E-state index contributed by atoms with van der Waals surface area (Å²) in [5, 5.41) is 3.29. The predicted molar refractivity (Wildman–Crippen MR) is 60.3 cm³/mol. The first kappa shape index (κ1) is 15.9. The molecule has 0 amide bonds. The molecule has 13 heavy (non-hydrogen) atoms. The lowest BCUT2D eigenvalue weighted by Crippen LogP contribution is -2.31. The number of rotatable bonds is 4. The highest BCUT2D eigenvalue weighted by atomic mass is 35.5. The van der Waals surface area contributed by atoms with Crippen LogP contribution in [0.3, 0.4) is 0 Å². The molecule has 0 spiro atoms. The molecule has 1 fully saturated rings.